The topological polar surface area (TPSA) is 86.6 Å². The van der Waals surface area contributed by atoms with Crippen LogP contribution in [0.25, 0.3) is 0 Å². The molecule has 0 aromatic carbocycles. The van der Waals surface area contributed by atoms with Gasteiger partial charge in [-0.25, -0.2) is 4.98 Å². The molecule has 0 saturated carbocycles. The van der Waals surface area contributed by atoms with Crippen LogP contribution in [0.5, 0.6) is 0 Å². The Morgan fingerprint density at radius 1 is 1.50 bits per heavy atom. The normalized spacial score (nSPS) is 28.2. The molecule has 6 nitrogen and oxygen atoms in total. The number of β-amino-alcohol motifs (C(OH)–C–C–N with tert-alkyl or cyclic N) is 1. The largest absolute Gasteiger partial charge is 0.388 e. The van der Waals surface area contributed by atoms with E-state index in [1.165, 1.54) is 17.3 Å². The Morgan fingerprint density at radius 3 is 2.78 bits per heavy atom. The number of aryl methyl sites for hydroxylation is 1. The lowest BCUT2D eigenvalue weighted by Gasteiger charge is -2.39. The number of nitrogens with zero attached hydrogens (tertiary/aromatic N) is 3. The lowest BCUT2D eigenvalue weighted by molar-refractivity contribution is -0.1000. The lowest BCUT2D eigenvalue weighted by Crippen LogP contribution is -2.55. The summed E-state index contributed by atoms with van der Waals surface area (Å²) in [6.45, 7) is 3.88. The third-order valence-electron chi connectivity index (χ3n) is 3.29. The summed E-state index contributed by atoms with van der Waals surface area (Å²) in [5, 5.41) is 19.6. The number of carbonyl (C=O) groups is 1. The summed E-state index contributed by atoms with van der Waals surface area (Å²) in [4.78, 5) is 21.6. The Kier molecular flexibility index (Phi) is 3.32. The molecule has 1 amide bonds. The minimum atomic E-state index is -1.13. The number of likely N-dealkylation sites (tertiary alicyclic amines) is 1. The molecule has 2 heterocycles. The van der Waals surface area contributed by atoms with Gasteiger partial charge in [0.15, 0.2) is 0 Å². The van der Waals surface area contributed by atoms with E-state index in [1.54, 1.807) is 13.8 Å². The van der Waals surface area contributed by atoms with Gasteiger partial charge in [-0.15, -0.1) is 0 Å². The monoisotopic (exact) mass is 251 g/mol. The van der Waals surface area contributed by atoms with Gasteiger partial charge in [0.05, 0.1) is 23.6 Å². The molecule has 1 aliphatic rings. The summed E-state index contributed by atoms with van der Waals surface area (Å²) in [6.07, 6.45) is 2.37. The highest BCUT2D eigenvalue weighted by atomic mass is 16.3. The Bertz CT molecular complexity index is 444. The first kappa shape index (κ1) is 12.9. The second kappa shape index (κ2) is 4.62. The van der Waals surface area contributed by atoms with Crippen LogP contribution in [-0.2, 0) is 0 Å². The Labute approximate surface area is 105 Å². The van der Waals surface area contributed by atoms with Gasteiger partial charge in [-0.3, -0.25) is 9.78 Å². The van der Waals surface area contributed by atoms with Crippen LogP contribution in [0, 0.1) is 6.92 Å². The number of carbonyl (C=O) groups excluding carboxylic acids is 1. The third kappa shape index (κ3) is 2.49. The molecule has 98 valence electrons. The van der Waals surface area contributed by atoms with Crippen LogP contribution in [-0.4, -0.2) is 55.8 Å². The molecule has 2 unspecified atom stereocenters. The van der Waals surface area contributed by atoms with Gasteiger partial charge in [0.25, 0.3) is 5.91 Å². The molecule has 1 aromatic heterocycles. The molecule has 0 aliphatic carbocycles. The molecular formula is C12H17N3O3. The van der Waals surface area contributed by atoms with Gasteiger partial charge in [0.2, 0.25) is 0 Å². The standard InChI is InChI=1S/C12H17N3O3/c1-8-5-14-9(6-13-8)11(17)15-4-3-12(2,18)10(16)7-15/h5-6,10,16,18H,3-4,7H2,1-2H3. The predicted molar refractivity (Wildman–Crippen MR) is 63.9 cm³/mol. The van der Waals surface area contributed by atoms with E-state index in [0.717, 1.165) is 5.69 Å². The highest BCUT2D eigenvalue weighted by molar-refractivity contribution is 5.92. The number of aliphatic hydroxyl groups excluding tert-OH is 1. The van der Waals surface area contributed by atoms with Crippen molar-refractivity contribution in [2.45, 2.75) is 32.0 Å². The average molecular weight is 251 g/mol. The SMILES string of the molecule is Cc1cnc(C(=O)N2CCC(C)(O)C(O)C2)cn1. The molecule has 1 aromatic rings. The van der Waals surface area contributed by atoms with Gasteiger partial charge in [0.1, 0.15) is 5.69 Å². The Balaban J connectivity index is 2.09. The molecule has 0 spiro atoms. The van der Waals surface area contributed by atoms with Gasteiger partial charge in [-0.05, 0) is 20.3 Å². The van der Waals surface area contributed by atoms with Crippen LogP contribution in [0.15, 0.2) is 12.4 Å². The van der Waals surface area contributed by atoms with Crippen molar-refractivity contribution in [2.75, 3.05) is 13.1 Å². The van der Waals surface area contributed by atoms with Crippen molar-refractivity contribution < 1.29 is 15.0 Å². The van der Waals surface area contributed by atoms with Gasteiger partial charge in [0, 0.05) is 19.3 Å². The van der Waals surface area contributed by atoms with E-state index in [1.807, 2.05) is 0 Å². The van der Waals surface area contributed by atoms with Crippen LogP contribution in [0.4, 0.5) is 0 Å². The first-order chi connectivity index (χ1) is 8.40. The zero-order chi connectivity index (χ0) is 13.3. The molecule has 0 radical (unpaired) electrons. The number of hydrogen-bond donors (Lipinski definition) is 2. The number of aliphatic hydroxyl groups is 2. The van der Waals surface area contributed by atoms with E-state index in [4.69, 9.17) is 0 Å². The maximum atomic E-state index is 12.1. The number of hydrogen-bond acceptors (Lipinski definition) is 5. The van der Waals surface area contributed by atoms with Crippen molar-refractivity contribution in [2.24, 2.45) is 0 Å². The Morgan fingerprint density at radius 2 is 2.22 bits per heavy atom. The number of aromatic nitrogens is 2. The quantitative estimate of drug-likeness (QED) is 0.718. The van der Waals surface area contributed by atoms with Crippen LogP contribution in [0.3, 0.4) is 0 Å². The molecule has 1 saturated heterocycles. The van der Waals surface area contributed by atoms with Crippen molar-refractivity contribution >= 4 is 5.91 Å². The smallest absolute Gasteiger partial charge is 0.274 e. The molecule has 2 rings (SSSR count). The van der Waals surface area contributed by atoms with Gasteiger partial charge < -0.3 is 15.1 Å². The van der Waals surface area contributed by atoms with Crippen molar-refractivity contribution in [3.05, 3.63) is 23.8 Å². The van der Waals surface area contributed by atoms with E-state index in [9.17, 15) is 15.0 Å². The molecule has 18 heavy (non-hydrogen) atoms. The van der Waals surface area contributed by atoms with Crippen molar-refractivity contribution in [3.8, 4) is 0 Å². The second-order valence-electron chi connectivity index (χ2n) is 4.92. The lowest BCUT2D eigenvalue weighted by atomic mass is 9.90. The van der Waals surface area contributed by atoms with Crippen molar-refractivity contribution in [1.29, 1.82) is 0 Å². The number of rotatable bonds is 1. The maximum absolute atomic E-state index is 12.1. The van der Waals surface area contributed by atoms with Crippen LogP contribution >= 0.6 is 0 Å². The fourth-order valence-electron chi connectivity index (χ4n) is 1.87. The zero-order valence-electron chi connectivity index (χ0n) is 10.5. The summed E-state index contributed by atoms with van der Waals surface area (Å²) < 4.78 is 0. The van der Waals surface area contributed by atoms with Gasteiger partial charge >= 0.3 is 0 Å². The van der Waals surface area contributed by atoms with E-state index in [2.05, 4.69) is 9.97 Å². The number of amides is 1. The molecular weight excluding hydrogens is 234 g/mol. The predicted octanol–water partition coefficient (Wildman–Crippen LogP) is -0.257. The van der Waals surface area contributed by atoms with Crippen LogP contribution < -0.4 is 0 Å². The minimum Gasteiger partial charge on any atom is -0.388 e. The maximum Gasteiger partial charge on any atom is 0.274 e. The number of piperidine rings is 1. The summed E-state index contributed by atoms with van der Waals surface area (Å²) in [5.74, 6) is -0.267. The molecule has 1 fully saturated rings. The Hall–Kier alpha value is -1.53. The molecule has 2 atom stereocenters. The molecule has 0 bridgehead atoms. The zero-order valence-corrected chi connectivity index (χ0v) is 10.5. The molecule has 1 aliphatic heterocycles. The summed E-state index contributed by atoms with van der Waals surface area (Å²) >= 11 is 0. The van der Waals surface area contributed by atoms with Crippen molar-refractivity contribution in [1.82, 2.24) is 14.9 Å². The highest BCUT2D eigenvalue weighted by Crippen LogP contribution is 2.22. The highest BCUT2D eigenvalue weighted by Gasteiger charge is 2.38. The second-order valence-corrected chi connectivity index (χ2v) is 4.92. The van der Waals surface area contributed by atoms with Gasteiger partial charge in [-0.2, -0.15) is 0 Å². The fourth-order valence-corrected chi connectivity index (χ4v) is 1.87. The average Bonchev–Trinajstić information content (AvgIpc) is 2.33. The summed E-state index contributed by atoms with van der Waals surface area (Å²) in [5.41, 5.74) is -0.127. The van der Waals surface area contributed by atoms with Crippen LogP contribution in [0.2, 0.25) is 0 Å². The van der Waals surface area contributed by atoms with E-state index >= 15 is 0 Å². The summed E-state index contributed by atoms with van der Waals surface area (Å²) in [6, 6.07) is 0. The van der Waals surface area contributed by atoms with E-state index < -0.39 is 11.7 Å². The first-order valence-corrected chi connectivity index (χ1v) is 5.88. The minimum absolute atomic E-state index is 0.112. The van der Waals surface area contributed by atoms with Crippen LogP contribution in [0.1, 0.15) is 29.5 Å². The first-order valence-electron chi connectivity index (χ1n) is 5.88. The third-order valence-corrected chi connectivity index (χ3v) is 3.29. The van der Waals surface area contributed by atoms with E-state index in [-0.39, 0.29) is 18.1 Å². The molecule has 2 N–H and O–H groups in total. The van der Waals surface area contributed by atoms with Gasteiger partial charge in [-0.1, -0.05) is 0 Å². The molecule has 6 heteroatoms. The van der Waals surface area contributed by atoms with Crippen molar-refractivity contribution in [3.63, 3.8) is 0 Å². The summed E-state index contributed by atoms with van der Waals surface area (Å²) in [7, 11) is 0. The fraction of sp³-hybridized carbons (Fsp3) is 0.583. The van der Waals surface area contributed by atoms with E-state index in [0.29, 0.717) is 13.0 Å².